The number of unbranched alkanes of at least 4 members (excludes halogenated alkanes) is 1. The minimum Gasteiger partial charge on any atom is -0.494 e. The Bertz CT molecular complexity index is 899. The first-order chi connectivity index (χ1) is 13.6. The zero-order valence-corrected chi connectivity index (χ0v) is 16.5. The molecule has 0 fully saturated rings. The monoisotopic (exact) mass is 380 g/mol. The van der Waals surface area contributed by atoms with E-state index in [1.165, 1.54) is 5.56 Å². The SMILES string of the molecule is CCCCOc1ccc(-c2ccc(-c3ccc(CCC)cc3)c(F)c2F)cc1. The van der Waals surface area contributed by atoms with Crippen LogP contribution in [-0.4, -0.2) is 6.61 Å². The summed E-state index contributed by atoms with van der Waals surface area (Å²) in [5.74, 6) is -0.902. The second-order valence-corrected chi connectivity index (χ2v) is 6.96. The maximum Gasteiger partial charge on any atom is 0.167 e. The first-order valence-corrected chi connectivity index (χ1v) is 9.94. The Morgan fingerprint density at radius 3 is 1.71 bits per heavy atom. The molecule has 0 saturated heterocycles. The lowest BCUT2D eigenvalue weighted by molar-refractivity contribution is 0.309. The van der Waals surface area contributed by atoms with Crippen LogP contribution in [0.15, 0.2) is 60.7 Å². The van der Waals surface area contributed by atoms with E-state index in [1.807, 2.05) is 24.3 Å². The highest BCUT2D eigenvalue weighted by Crippen LogP contribution is 2.32. The topological polar surface area (TPSA) is 9.23 Å². The number of rotatable bonds is 8. The lowest BCUT2D eigenvalue weighted by Crippen LogP contribution is -1.97. The number of halogens is 2. The molecular formula is C25H26F2O. The summed E-state index contributed by atoms with van der Waals surface area (Å²) in [6, 6.07) is 18.1. The molecule has 0 radical (unpaired) electrons. The van der Waals surface area contributed by atoms with Crippen molar-refractivity contribution in [1.29, 1.82) is 0 Å². The van der Waals surface area contributed by atoms with E-state index in [-0.39, 0.29) is 11.1 Å². The molecule has 0 atom stereocenters. The van der Waals surface area contributed by atoms with Crippen molar-refractivity contribution in [2.45, 2.75) is 39.5 Å². The van der Waals surface area contributed by atoms with Gasteiger partial charge in [0.25, 0.3) is 0 Å². The Morgan fingerprint density at radius 2 is 1.21 bits per heavy atom. The minimum absolute atomic E-state index is 0.254. The molecule has 28 heavy (non-hydrogen) atoms. The number of ether oxygens (including phenoxy) is 1. The van der Waals surface area contributed by atoms with Crippen molar-refractivity contribution in [2.75, 3.05) is 6.61 Å². The molecule has 3 rings (SSSR count). The summed E-state index contributed by atoms with van der Waals surface area (Å²) in [5, 5.41) is 0. The molecular weight excluding hydrogens is 354 g/mol. The van der Waals surface area contributed by atoms with Gasteiger partial charge in [0.15, 0.2) is 11.6 Å². The van der Waals surface area contributed by atoms with Crippen LogP contribution in [0.3, 0.4) is 0 Å². The normalized spacial score (nSPS) is 10.9. The fourth-order valence-corrected chi connectivity index (χ4v) is 3.20. The predicted molar refractivity (Wildman–Crippen MR) is 112 cm³/mol. The molecule has 3 aromatic rings. The predicted octanol–water partition coefficient (Wildman–Crippen LogP) is 7.43. The van der Waals surface area contributed by atoms with Crippen molar-refractivity contribution in [3.8, 4) is 28.0 Å². The Kier molecular flexibility index (Phi) is 6.80. The zero-order chi connectivity index (χ0) is 19.9. The highest BCUT2D eigenvalue weighted by atomic mass is 19.2. The summed E-state index contributed by atoms with van der Waals surface area (Å²) in [4.78, 5) is 0. The third kappa shape index (κ3) is 4.59. The van der Waals surface area contributed by atoms with Crippen molar-refractivity contribution < 1.29 is 13.5 Å². The van der Waals surface area contributed by atoms with Crippen molar-refractivity contribution in [3.05, 3.63) is 77.9 Å². The van der Waals surface area contributed by atoms with Gasteiger partial charge in [-0.1, -0.05) is 75.2 Å². The Labute approximate surface area is 166 Å². The van der Waals surface area contributed by atoms with E-state index in [1.54, 1.807) is 36.4 Å². The molecule has 0 aliphatic heterocycles. The van der Waals surface area contributed by atoms with Crippen LogP contribution in [0, 0.1) is 11.6 Å². The van der Waals surface area contributed by atoms with Crippen LogP contribution in [-0.2, 0) is 6.42 Å². The van der Waals surface area contributed by atoms with Gasteiger partial charge >= 0.3 is 0 Å². The van der Waals surface area contributed by atoms with Crippen LogP contribution >= 0.6 is 0 Å². The molecule has 0 heterocycles. The van der Waals surface area contributed by atoms with E-state index in [4.69, 9.17) is 4.74 Å². The molecule has 0 bridgehead atoms. The molecule has 146 valence electrons. The summed E-state index contributed by atoms with van der Waals surface area (Å²) in [5.41, 5.74) is 3.05. The maximum atomic E-state index is 14.8. The highest BCUT2D eigenvalue weighted by molar-refractivity contribution is 5.72. The highest BCUT2D eigenvalue weighted by Gasteiger charge is 2.16. The quantitative estimate of drug-likeness (QED) is 0.369. The van der Waals surface area contributed by atoms with Gasteiger partial charge < -0.3 is 4.74 Å². The molecule has 3 aromatic carbocycles. The largest absolute Gasteiger partial charge is 0.494 e. The lowest BCUT2D eigenvalue weighted by atomic mass is 9.97. The van der Waals surface area contributed by atoms with E-state index < -0.39 is 11.6 Å². The van der Waals surface area contributed by atoms with E-state index >= 15 is 0 Å². The molecule has 0 saturated carbocycles. The maximum absolute atomic E-state index is 14.8. The van der Waals surface area contributed by atoms with Gasteiger partial charge in [-0.3, -0.25) is 0 Å². The summed E-state index contributed by atoms with van der Waals surface area (Å²) >= 11 is 0. The second-order valence-electron chi connectivity index (χ2n) is 6.96. The summed E-state index contributed by atoms with van der Waals surface area (Å²) in [7, 11) is 0. The molecule has 0 unspecified atom stereocenters. The van der Waals surface area contributed by atoms with Crippen molar-refractivity contribution in [1.82, 2.24) is 0 Å². The molecule has 1 nitrogen and oxygen atoms in total. The third-order valence-electron chi connectivity index (χ3n) is 4.82. The smallest absolute Gasteiger partial charge is 0.167 e. The Balaban J connectivity index is 1.83. The number of benzene rings is 3. The van der Waals surface area contributed by atoms with Crippen LogP contribution in [0.4, 0.5) is 8.78 Å². The van der Waals surface area contributed by atoms with Crippen LogP contribution in [0.1, 0.15) is 38.7 Å². The first-order valence-electron chi connectivity index (χ1n) is 9.94. The Morgan fingerprint density at radius 1 is 0.679 bits per heavy atom. The van der Waals surface area contributed by atoms with Gasteiger partial charge in [0.05, 0.1) is 6.61 Å². The summed E-state index contributed by atoms with van der Waals surface area (Å²) < 4.78 is 35.2. The fraction of sp³-hybridized carbons (Fsp3) is 0.280. The molecule has 0 amide bonds. The molecule has 3 heteroatoms. The van der Waals surface area contributed by atoms with Crippen LogP contribution < -0.4 is 4.74 Å². The summed E-state index contributed by atoms with van der Waals surface area (Å²) in [6.07, 6.45) is 4.09. The first kappa shape index (κ1) is 20.1. The van der Waals surface area contributed by atoms with Gasteiger partial charge in [-0.2, -0.15) is 0 Å². The number of aryl methyl sites for hydroxylation is 1. The lowest BCUT2D eigenvalue weighted by Gasteiger charge is -2.11. The molecule has 0 aromatic heterocycles. The molecule has 0 N–H and O–H groups in total. The van der Waals surface area contributed by atoms with Gasteiger partial charge in [0.1, 0.15) is 5.75 Å². The standard InChI is InChI=1S/C25H26F2O/c1-3-5-17-28-21-13-11-20(12-14-21)23-16-15-22(24(26)25(23)27)19-9-7-18(6-4-2)8-10-19/h7-16H,3-6,17H2,1-2H3. The van der Waals surface area contributed by atoms with E-state index in [2.05, 4.69) is 13.8 Å². The van der Waals surface area contributed by atoms with Crippen molar-refractivity contribution in [3.63, 3.8) is 0 Å². The average molecular weight is 380 g/mol. The second kappa shape index (κ2) is 9.50. The molecule has 0 aliphatic rings. The summed E-state index contributed by atoms with van der Waals surface area (Å²) in [6.45, 7) is 4.88. The van der Waals surface area contributed by atoms with Crippen LogP contribution in [0.2, 0.25) is 0 Å². The minimum atomic E-state index is -0.824. The fourth-order valence-electron chi connectivity index (χ4n) is 3.20. The van der Waals surface area contributed by atoms with Crippen molar-refractivity contribution in [2.24, 2.45) is 0 Å². The van der Waals surface area contributed by atoms with Gasteiger partial charge in [0, 0.05) is 11.1 Å². The number of hydrogen-bond acceptors (Lipinski definition) is 1. The number of hydrogen-bond donors (Lipinski definition) is 0. The average Bonchev–Trinajstić information content (AvgIpc) is 2.72. The van der Waals surface area contributed by atoms with E-state index in [0.29, 0.717) is 17.7 Å². The van der Waals surface area contributed by atoms with E-state index in [0.717, 1.165) is 31.4 Å². The van der Waals surface area contributed by atoms with Gasteiger partial charge in [0.2, 0.25) is 0 Å². The molecule has 0 spiro atoms. The van der Waals surface area contributed by atoms with E-state index in [9.17, 15) is 8.78 Å². The van der Waals surface area contributed by atoms with Crippen LogP contribution in [0.5, 0.6) is 5.75 Å². The van der Waals surface area contributed by atoms with Crippen molar-refractivity contribution >= 4 is 0 Å². The van der Waals surface area contributed by atoms with Gasteiger partial charge in [-0.25, -0.2) is 8.78 Å². The van der Waals surface area contributed by atoms with Crippen LogP contribution in [0.25, 0.3) is 22.3 Å². The third-order valence-corrected chi connectivity index (χ3v) is 4.82. The zero-order valence-electron chi connectivity index (χ0n) is 16.5. The van der Waals surface area contributed by atoms with Gasteiger partial charge in [-0.05, 0) is 41.7 Å². The molecule has 0 aliphatic carbocycles. The van der Waals surface area contributed by atoms with Gasteiger partial charge in [-0.15, -0.1) is 0 Å². The Hall–Kier alpha value is -2.68.